The molecule has 1 aliphatic heterocycles. The maximum Gasteiger partial charge on any atom is 0.184 e. The average Bonchev–Trinajstić information content (AvgIpc) is 2.38. The van der Waals surface area contributed by atoms with Crippen LogP contribution in [0.1, 0.15) is 64.9 Å². The largest absolute Gasteiger partial charge is 0.348 e. The molecule has 0 amide bonds. The molecular formula is C18H28O2. The van der Waals surface area contributed by atoms with Crippen molar-refractivity contribution < 1.29 is 9.47 Å². The van der Waals surface area contributed by atoms with E-state index >= 15 is 0 Å². The van der Waals surface area contributed by atoms with Crippen molar-refractivity contribution >= 4 is 0 Å². The predicted octanol–water partition coefficient (Wildman–Crippen LogP) is 4.91. The molecule has 2 heteroatoms. The summed E-state index contributed by atoms with van der Waals surface area (Å²) in [6.07, 6.45) is 0.00247. The lowest BCUT2D eigenvalue weighted by molar-refractivity contribution is -0.274. The molecule has 1 aromatic rings. The Balaban J connectivity index is 2.14. The normalized spacial score (nSPS) is 26.2. The minimum absolute atomic E-state index is 0.0720. The SMILES string of the molecule is CC(C)c1ccc([C@H]2OCC(C)(C)[C@@H](C(C)C)O2)cc1. The zero-order valence-corrected chi connectivity index (χ0v) is 13.6. The Labute approximate surface area is 123 Å². The van der Waals surface area contributed by atoms with Gasteiger partial charge in [0.25, 0.3) is 0 Å². The van der Waals surface area contributed by atoms with E-state index in [9.17, 15) is 0 Å². The third kappa shape index (κ3) is 3.24. The minimum atomic E-state index is -0.225. The van der Waals surface area contributed by atoms with Gasteiger partial charge in [-0.1, -0.05) is 65.8 Å². The molecule has 1 saturated heterocycles. The van der Waals surface area contributed by atoms with Gasteiger partial charge in [0.1, 0.15) is 0 Å². The quantitative estimate of drug-likeness (QED) is 0.781. The fourth-order valence-electron chi connectivity index (χ4n) is 3.00. The van der Waals surface area contributed by atoms with E-state index in [4.69, 9.17) is 9.47 Å². The summed E-state index contributed by atoms with van der Waals surface area (Å²) in [6, 6.07) is 8.62. The molecule has 0 saturated carbocycles. The second-order valence-electron chi connectivity index (χ2n) is 7.25. The molecule has 1 aromatic carbocycles. The van der Waals surface area contributed by atoms with Gasteiger partial charge >= 0.3 is 0 Å². The predicted molar refractivity (Wildman–Crippen MR) is 82.7 cm³/mol. The van der Waals surface area contributed by atoms with Crippen LogP contribution in [0.4, 0.5) is 0 Å². The van der Waals surface area contributed by atoms with Gasteiger partial charge in [-0.15, -0.1) is 0 Å². The van der Waals surface area contributed by atoms with E-state index in [1.54, 1.807) is 0 Å². The van der Waals surface area contributed by atoms with E-state index in [0.717, 1.165) is 12.2 Å². The van der Waals surface area contributed by atoms with Gasteiger partial charge in [-0.3, -0.25) is 0 Å². The second-order valence-corrected chi connectivity index (χ2v) is 7.25. The van der Waals surface area contributed by atoms with Crippen molar-refractivity contribution in [1.82, 2.24) is 0 Å². The van der Waals surface area contributed by atoms with E-state index in [1.807, 2.05) is 0 Å². The molecule has 2 nitrogen and oxygen atoms in total. The van der Waals surface area contributed by atoms with Crippen LogP contribution in [0.5, 0.6) is 0 Å². The van der Waals surface area contributed by atoms with Crippen molar-refractivity contribution in [2.45, 2.75) is 59.9 Å². The standard InChI is InChI=1S/C18H28O2/c1-12(2)14-7-9-15(10-8-14)17-19-11-18(5,6)16(20-17)13(3)4/h7-10,12-13,16-17H,11H2,1-6H3/t16-,17+/m1/s1. The lowest BCUT2D eigenvalue weighted by Crippen LogP contribution is -2.45. The first kappa shape index (κ1) is 15.5. The average molecular weight is 276 g/mol. The van der Waals surface area contributed by atoms with Gasteiger partial charge in [0.2, 0.25) is 0 Å². The van der Waals surface area contributed by atoms with Crippen LogP contribution in [0.3, 0.4) is 0 Å². The van der Waals surface area contributed by atoms with Gasteiger partial charge in [0.05, 0.1) is 12.7 Å². The van der Waals surface area contributed by atoms with Crippen LogP contribution >= 0.6 is 0 Å². The summed E-state index contributed by atoms with van der Waals surface area (Å²) in [5.74, 6) is 1.05. The molecule has 1 fully saturated rings. The summed E-state index contributed by atoms with van der Waals surface area (Å²) >= 11 is 0. The van der Waals surface area contributed by atoms with Crippen molar-refractivity contribution in [2.24, 2.45) is 11.3 Å². The molecule has 0 spiro atoms. The Bertz CT molecular complexity index is 431. The van der Waals surface area contributed by atoms with Crippen molar-refractivity contribution in [3.8, 4) is 0 Å². The molecule has 0 N–H and O–H groups in total. The topological polar surface area (TPSA) is 18.5 Å². The van der Waals surface area contributed by atoms with Gasteiger partial charge in [-0.25, -0.2) is 0 Å². The number of hydrogen-bond donors (Lipinski definition) is 0. The van der Waals surface area contributed by atoms with Gasteiger partial charge in [-0.2, -0.15) is 0 Å². The van der Waals surface area contributed by atoms with Gasteiger partial charge in [0, 0.05) is 11.0 Å². The molecule has 2 rings (SSSR count). The highest BCUT2D eigenvalue weighted by atomic mass is 16.7. The highest BCUT2D eigenvalue weighted by Gasteiger charge is 2.40. The highest BCUT2D eigenvalue weighted by Crippen LogP contribution is 2.39. The van der Waals surface area contributed by atoms with Crippen molar-refractivity contribution in [1.29, 1.82) is 0 Å². The molecule has 0 radical (unpaired) electrons. The highest BCUT2D eigenvalue weighted by molar-refractivity contribution is 5.25. The molecule has 2 atom stereocenters. The molecule has 112 valence electrons. The first-order chi connectivity index (χ1) is 9.31. The fraction of sp³-hybridized carbons (Fsp3) is 0.667. The molecule has 1 heterocycles. The van der Waals surface area contributed by atoms with Crippen molar-refractivity contribution in [2.75, 3.05) is 6.61 Å². The summed E-state index contributed by atoms with van der Waals surface area (Å²) in [6.45, 7) is 14.0. The fourth-order valence-corrected chi connectivity index (χ4v) is 3.00. The summed E-state index contributed by atoms with van der Waals surface area (Å²) in [5, 5.41) is 0. The minimum Gasteiger partial charge on any atom is -0.348 e. The number of hydrogen-bond acceptors (Lipinski definition) is 2. The monoisotopic (exact) mass is 276 g/mol. The third-order valence-corrected chi connectivity index (χ3v) is 4.13. The van der Waals surface area contributed by atoms with Gasteiger partial charge < -0.3 is 9.47 Å². The number of benzene rings is 1. The molecule has 20 heavy (non-hydrogen) atoms. The molecule has 0 aromatic heterocycles. The molecular weight excluding hydrogens is 248 g/mol. The van der Waals surface area contributed by atoms with Crippen LogP contribution in [0, 0.1) is 11.3 Å². The van der Waals surface area contributed by atoms with Crippen LogP contribution < -0.4 is 0 Å². The zero-order valence-electron chi connectivity index (χ0n) is 13.6. The molecule has 0 unspecified atom stereocenters. The lowest BCUT2D eigenvalue weighted by Gasteiger charge is -2.44. The van der Waals surface area contributed by atoms with Gasteiger partial charge in [0.15, 0.2) is 6.29 Å². The maximum atomic E-state index is 6.23. The lowest BCUT2D eigenvalue weighted by atomic mass is 9.80. The number of ether oxygens (including phenoxy) is 2. The second kappa shape index (κ2) is 5.87. The van der Waals surface area contributed by atoms with Crippen molar-refractivity contribution in [3.63, 3.8) is 0 Å². The van der Waals surface area contributed by atoms with Crippen LogP contribution in [0.2, 0.25) is 0 Å². The summed E-state index contributed by atoms with van der Waals surface area (Å²) in [5.41, 5.74) is 2.54. The van der Waals surface area contributed by atoms with E-state index < -0.39 is 0 Å². The molecule has 0 aliphatic carbocycles. The Morgan fingerprint density at radius 1 is 1.05 bits per heavy atom. The van der Waals surface area contributed by atoms with Crippen LogP contribution in [-0.2, 0) is 9.47 Å². The van der Waals surface area contributed by atoms with Crippen molar-refractivity contribution in [3.05, 3.63) is 35.4 Å². The number of rotatable bonds is 3. The van der Waals surface area contributed by atoms with E-state index in [0.29, 0.717) is 11.8 Å². The maximum absolute atomic E-state index is 6.23. The summed E-state index contributed by atoms with van der Waals surface area (Å²) < 4.78 is 12.2. The molecule has 0 bridgehead atoms. The smallest absolute Gasteiger partial charge is 0.184 e. The zero-order chi connectivity index (χ0) is 14.9. The Morgan fingerprint density at radius 2 is 1.65 bits per heavy atom. The van der Waals surface area contributed by atoms with Crippen LogP contribution in [-0.4, -0.2) is 12.7 Å². The summed E-state index contributed by atoms with van der Waals surface area (Å²) in [4.78, 5) is 0. The van der Waals surface area contributed by atoms with E-state index in [2.05, 4.69) is 65.8 Å². The first-order valence-corrected chi connectivity index (χ1v) is 7.68. The van der Waals surface area contributed by atoms with Gasteiger partial charge in [-0.05, 0) is 17.4 Å². The summed E-state index contributed by atoms with van der Waals surface area (Å²) in [7, 11) is 0. The third-order valence-electron chi connectivity index (χ3n) is 4.13. The Kier molecular flexibility index (Phi) is 4.55. The van der Waals surface area contributed by atoms with Crippen LogP contribution in [0.15, 0.2) is 24.3 Å². The van der Waals surface area contributed by atoms with Crippen LogP contribution in [0.25, 0.3) is 0 Å². The molecule has 1 aliphatic rings. The Morgan fingerprint density at radius 3 is 2.15 bits per heavy atom. The first-order valence-electron chi connectivity index (χ1n) is 7.68. The van der Waals surface area contributed by atoms with E-state index in [-0.39, 0.29) is 17.8 Å². The van der Waals surface area contributed by atoms with E-state index in [1.165, 1.54) is 5.56 Å². The Hall–Kier alpha value is -0.860.